The van der Waals surface area contributed by atoms with E-state index in [0.29, 0.717) is 6.61 Å². The first-order valence-electron chi connectivity index (χ1n) is 8.74. The summed E-state index contributed by atoms with van der Waals surface area (Å²) in [6, 6.07) is 0. The summed E-state index contributed by atoms with van der Waals surface area (Å²) in [6.07, 6.45) is 6.89. The highest BCUT2D eigenvalue weighted by Crippen LogP contribution is 2.07. The molecule has 0 aromatic heterocycles. The van der Waals surface area contributed by atoms with E-state index in [4.69, 9.17) is 9.84 Å². The van der Waals surface area contributed by atoms with Crippen LogP contribution in [-0.2, 0) is 28.6 Å². The normalized spacial score (nSPS) is 8.78. The van der Waals surface area contributed by atoms with Crippen molar-refractivity contribution in [3.05, 3.63) is 37.8 Å². The topological polar surface area (TPSA) is 99.1 Å². The fourth-order valence-corrected chi connectivity index (χ4v) is 1.39. The predicted molar refractivity (Wildman–Crippen MR) is 105 cm³/mol. The van der Waals surface area contributed by atoms with Crippen molar-refractivity contribution in [1.29, 1.82) is 0 Å². The van der Waals surface area contributed by atoms with Crippen LogP contribution in [0, 0.1) is 5.92 Å². The second-order valence-corrected chi connectivity index (χ2v) is 5.56. The van der Waals surface area contributed by atoms with E-state index >= 15 is 0 Å². The monoisotopic (exact) mass is 386 g/mol. The summed E-state index contributed by atoms with van der Waals surface area (Å²) in [5, 5.41) is 8.28. The van der Waals surface area contributed by atoms with Crippen LogP contribution in [0.5, 0.6) is 0 Å². The summed E-state index contributed by atoms with van der Waals surface area (Å²) in [6.45, 7) is 17.6. The fourth-order valence-electron chi connectivity index (χ4n) is 1.39. The molecular formula is C20H34O7. The third-order valence-corrected chi connectivity index (χ3v) is 2.60. The number of unbranched alkanes of at least 4 members (excludes halogenated alkanes) is 2. The first-order valence-corrected chi connectivity index (χ1v) is 8.74. The number of hydrogen-bond acceptors (Lipinski definition) is 7. The van der Waals surface area contributed by atoms with E-state index in [1.54, 1.807) is 6.92 Å². The molecule has 0 saturated heterocycles. The van der Waals surface area contributed by atoms with Crippen LogP contribution in [0.4, 0.5) is 0 Å². The molecule has 0 heterocycles. The van der Waals surface area contributed by atoms with Crippen LogP contribution in [0.3, 0.4) is 0 Å². The quantitative estimate of drug-likeness (QED) is 0.197. The summed E-state index contributed by atoms with van der Waals surface area (Å²) in [5.74, 6) is -1.18. The molecule has 0 unspecified atom stereocenters. The lowest BCUT2D eigenvalue weighted by molar-refractivity contribution is -0.141. The maximum absolute atomic E-state index is 10.6. The number of aliphatic hydroxyl groups excluding tert-OH is 1. The van der Waals surface area contributed by atoms with E-state index < -0.39 is 11.7 Å². The van der Waals surface area contributed by atoms with Gasteiger partial charge in [-0.1, -0.05) is 46.3 Å². The van der Waals surface area contributed by atoms with Crippen molar-refractivity contribution in [2.75, 3.05) is 13.2 Å². The lowest BCUT2D eigenvalue weighted by Crippen LogP contribution is -2.05. The van der Waals surface area contributed by atoms with Gasteiger partial charge in [-0.15, -0.1) is 0 Å². The van der Waals surface area contributed by atoms with Crippen LogP contribution in [-0.4, -0.2) is 36.2 Å². The lowest BCUT2D eigenvalue weighted by atomic mass is 10.1. The van der Waals surface area contributed by atoms with Crippen molar-refractivity contribution in [2.24, 2.45) is 5.92 Å². The molecule has 0 amide bonds. The summed E-state index contributed by atoms with van der Waals surface area (Å²) in [5.41, 5.74) is 0. The van der Waals surface area contributed by atoms with Gasteiger partial charge in [0.25, 0.3) is 0 Å². The number of hydrogen-bond donors (Lipinski definition) is 1. The van der Waals surface area contributed by atoms with Gasteiger partial charge in [-0.25, -0.2) is 9.59 Å². The first-order chi connectivity index (χ1) is 12.6. The van der Waals surface area contributed by atoms with Gasteiger partial charge in [0.15, 0.2) is 5.76 Å². The van der Waals surface area contributed by atoms with Crippen molar-refractivity contribution in [2.45, 2.75) is 53.4 Å². The van der Waals surface area contributed by atoms with E-state index in [9.17, 15) is 14.4 Å². The molecule has 0 spiro atoms. The van der Waals surface area contributed by atoms with E-state index in [0.717, 1.165) is 25.0 Å². The molecule has 7 nitrogen and oxygen atoms in total. The second kappa shape index (κ2) is 21.5. The Bertz CT molecular complexity index is 453. The molecule has 0 bridgehead atoms. The highest BCUT2D eigenvalue weighted by molar-refractivity contribution is 5.84. The maximum Gasteiger partial charge on any atom is 0.372 e. The van der Waals surface area contributed by atoms with E-state index in [1.165, 1.54) is 25.8 Å². The number of carbonyl (C=O) groups is 3. The van der Waals surface area contributed by atoms with Gasteiger partial charge in [-0.05, 0) is 25.8 Å². The van der Waals surface area contributed by atoms with Crippen molar-refractivity contribution < 1.29 is 33.7 Å². The van der Waals surface area contributed by atoms with Crippen LogP contribution in [0.15, 0.2) is 37.8 Å². The molecule has 0 radical (unpaired) electrons. The Morgan fingerprint density at radius 3 is 1.96 bits per heavy atom. The average Bonchev–Trinajstić information content (AvgIpc) is 2.58. The minimum absolute atomic E-state index is 0.262. The summed E-state index contributed by atoms with van der Waals surface area (Å²) >= 11 is 0. The largest absolute Gasteiger partial charge is 0.502 e. The van der Waals surface area contributed by atoms with Crippen LogP contribution >= 0.6 is 0 Å². The number of aliphatic hydroxyl groups is 1. The Labute approximate surface area is 162 Å². The zero-order chi connectivity index (χ0) is 21.7. The molecule has 0 atom stereocenters. The number of carbonyl (C=O) groups excluding carboxylic acids is 3. The highest BCUT2D eigenvalue weighted by atomic mass is 16.5. The number of rotatable bonds is 10. The van der Waals surface area contributed by atoms with Crippen LogP contribution in [0.25, 0.3) is 0 Å². The van der Waals surface area contributed by atoms with Gasteiger partial charge in [0.2, 0.25) is 0 Å². The van der Waals surface area contributed by atoms with Crippen LogP contribution in [0.2, 0.25) is 0 Å². The van der Waals surface area contributed by atoms with E-state index in [2.05, 4.69) is 43.1 Å². The molecule has 0 aliphatic rings. The molecule has 0 aromatic carbocycles. The summed E-state index contributed by atoms with van der Waals surface area (Å²) in [7, 11) is 0. The minimum atomic E-state index is -0.757. The first kappa shape index (κ1) is 29.2. The zero-order valence-electron chi connectivity index (χ0n) is 17.0. The maximum atomic E-state index is 10.6. The third kappa shape index (κ3) is 31.7. The van der Waals surface area contributed by atoms with E-state index in [-0.39, 0.29) is 18.5 Å². The number of esters is 3. The average molecular weight is 386 g/mol. The zero-order valence-corrected chi connectivity index (χ0v) is 17.0. The number of ether oxygens (including phenoxy) is 3. The summed E-state index contributed by atoms with van der Waals surface area (Å²) in [4.78, 5) is 30.5. The van der Waals surface area contributed by atoms with Gasteiger partial charge in [0.05, 0.1) is 19.5 Å². The molecule has 0 aliphatic heterocycles. The van der Waals surface area contributed by atoms with Crippen molar-refractivity contribution in [3.8, 4) is 0 Å². The molecular weight excluding hydrogens is 352 g/mol. The van der Waals surface area contributed by atoms with Gasteiger partial charge < -0.3 is 19.3 Å². The van der Waals surface area contributed by atoms with Crippen LogP contribution in [0.1, 0.15) is 53.4 Å². The standard InChI is InChI=1S/C11H20O2.C5H8O3.C4H6O2/c1-4-11(12)13-9-7-5-6-8-10(2)3;1-3-8-5(7)4(2)6;1-3-6-4(2)5/h4,10H,1,5-9H2,2-3H3;6H,2-3H2,1H3;3H,1H2,2H3. The van der Waals surface area contributed by atoms with Crippen molar-refractivity contribution >= 4 is 17.9 Å². The summed E-state index contributed by atoms with van der Waals surface area (Å²) < 4.78 is 13.3. The highest BCUT2D eigenvalue weighted by Gasteiger charge is 2.01. The SMILES string of the molecule is C=C(O)C(=O)OCC.C=CC(=O)OCCCCCC(C)C.C=COC(C)=O. The Morgan fingerprint density at radius 2 is 1.67 bits per heavy atom. The third-order valence-electron chi connectivity index (χ3n) is 2.60. The molecule has 0 fully saturated rings. The molecule has 156 valence electrons. The van der Waals surface area contributed by atoms with Gasteiger partial charge in [0.1, 0.15) is 0 Å². The Kier molecular flexibility index (Phi) is 23.2. The van der Waals surface area contributed by atoms with Gasteiger partial charge >= 0.3 is 17.9 Å². The second-order valence-electron chi connectivity index (χ2n) is 5.56. The fraction of sp³-hybridized carbons (Fsp3) is 0.550. The Balaban J connectivity index is -0.000000351. The van der Waals surface area contributed by atoms with Crippen molar-refractivity contribution in [1.82, 2.24) is 0 Å². The Morgan fingerprint density at radius 1 is 1.07 bits per heavy atom. The van der Waals surface area contributed by atoms with Gasteiger partial charge in [0, 0.05) is 13.0 Å². The van der Waals surface area contributed by atoms with E-state index in [1.807, 2.05) is 0 Å². The van der Waals surface area contributed by atoms with Gasteiger partial charge in [-0.2, -0.15) is 0 Å². The molecule has 0 rings (SSSR count). The predicted octanol–water partition coefficient (Wildman–Crippen LogP) is 4.25. The molecule has 7 heteroatoms. The minimum Gasteiger partial charge on any atom is -0.502 e. The van der Waals surface area contributed by atoms with Crippen LogP contribution < -0.4 is 0 Å². The van der Waals surface area contributed by atoms with Crippen molar-refractivity contribution in [3.63, 3.8) is 0 Å². The lowest BCUT2D eigenvalue weighted by Gasteiger charge is -2.04. The molecule has 0 saturated carbocycles. The molecule has 0 aliphatic carbocycles. The molecule has 1 N–H and O–H groups in total. The Hall–Kier alpha value is -2.57. The smallest absolute Gasteiger partial charge is 0.372 e. The van der Waals surface area contributed by atoms with Gasteiger partial charge in [-0.3, -0.25) is 4.79 Å². The molecule has 27 heavy (non-hydrogen) atoms. The molecule has 0 aromatic rings.